The molecule has 1 unspecified atom stereocenters. The molecule has 0 saturated heterocycles. The largest absolute Gasteiger partial charge is 0.343 e. The maximum Gasteiger partial charge on any atom is 0.250 e. The number of rotatable bonds is 2. The highest BCUT2D eigenvalue weighted by atomic mass is 32.2. The number of benzene rings is 2. The van der Waals surface area contributed by atoms with E-state index in [9.17, 15) is 4.79 Å². The lowest BCUT2D eigenvalue weighted by atomic mass is 9.99. The van der Waals surface area contributed by atoms with Gasteiger partial charge >= 0.3 is 0 Å². The number of fused-ring (bicyclic) bond motifs is 2. The molecule has 0 spiro atoms. The van der Waals surface area contributed by atoms with Gasteiger partial charge in [0.1, 0.15) is 0 Å². The molecule has 4 nitrogen and oxygen atoms in total. The Kier molecular flexibility index (Phi) is 3.61. The summed E-state index contributed by atoms with van der Waals surface area (Å²) in [6, 6.07) is 14.2. The van der Waals surface area contributed by atoms with Gasteiger partial charge in [-0.15, -0.1) is 0 Å². The van der Waals surface area contributed by atoms with Crippen molar-refractivity contribution in [2.24, 2.45) is 0 Å². The summed E-state index contributed by atoms with van der Waals surface area (Å²) >= 11 is 1.73. The highest BCUT2D eigenvalue weighted by Gasteiger charge is 2.22. The average molecular weight is 300 g/mol. The summed E-state index contributed by atoms with van der Waals surface area (Å²) in [5, 5.41) is 8.77. The summed E-state index contributed by atoms with van der Waals surface area (Å²) in [4.78, 5) is 16.1. The number of hydrogen-bond acceptors (Lipinski definition) is 4. The Hall–Kier alpha value is -1.98. The van der Waals surface area contributed by atoms with Crippen LogP contribution in [-0.4, -0.2) is 18.2 Å². The van der Waals surface area contributed by atoms with Crippen molar-refractivity contribution in [3.63, 3.8) is 0 Å². The van der Waals surface area contributed by atoms with Crippen molar-refractivity contribution in [1.29, 1.82) is 0 Å². The van der Waals surface area contributed by atoms with Gasteiger partial charge in [0.25, 0.3) is 5.91 Å². The normalized spacial score (nSPS) is 14.1. The molecular weight excluding hydrogens is 284 g/mol. The molecular formula is C16H16N2O2S. The fourth-order valence-corrected chi connectivity index (χ4v) is 3.60. The number of para-hydroxylation sites is 1. The highest BCUT2D eigenvalue weighted by Crippen LogP contribution is 2.47. The summed E-state index contributed by atoms with van der Waals surface area (Å²) < 4.78 is 0. The lowest BCUT2D eigenvalue weighted by Gasteiger charge is -2.30. The van der Waals surface area contributed by atoms with Gasteiger partial charge in [-0.05, 0) is 36.8 Å². The van der Waals surface area contributed by atoms with Gasteiger partial charge in [0.15, 0.2) is 0 Å². The van der Waals surface area contributed by atoms with Crippen LogP contribution in [0.25, 0.3) is 0 Å². The minimum atomic E-state index is -0.401. The number of hydroxylamine groups is 1. The van der Waals surface area contributed by atoms with Crippen molar-refractivity contribution < 1.29 is 10.0 Å². The van der Waals surface area contributed by atoms with Crippen LogP contribution in [0, 0.1) is 0 Å². The monoisotopic (exact) mass is 300 g/mol. The van der Waals surface area contributed by atoms with Crippen molar-refractivity contribution >= 4 is 29.0 Å². The van der Waals surface area contributed by atoms with Gasteiger partial charge in [-0.25, -0.2) is 5.48 Å². The van der Waals surface area contributed by atoms with Crippen LogP contribution in [0.2, 0.25) is 0 Å². The van der Waals surface area contributed by atoms with E-state index in [1.807, 2.05) is 37.4 Å². The first-order valence-electron chi connectivity index (χ1n) is 6.70. The molecule has 2 aromatic rings. The van der Waals surface area contributed by atoms with Crippen molar-refractivity contribution in [3.05, 3.63) is 48.0 Å². The van der Waals surface area contributed by atoms with Crippen LogP contribution in [-0.2, 0) is 4.79 Å². The molecule has 1 aliphatic rings. The van der Waals surface area contributed by atoms with Crippen LogP contribution in [0.5, 0.6) is 0 Å². The summed E-state index contributed by atoms with van der Waals surface area (Å²) in [5.74, 6) is -0.794. The summed E-state index contributed by atoms with van der Waals surface area (Å²) in [7, 11) is 2.03. The Labute approximate surface area is 127 Å². The molecule has 5 heteroatoms. The average Bonchev–Trinajstić information content (AvgIpc) is 2.53. The number of anilines is 2. The lowest BCUT2D eigenvalue weighted by molar-refractivity contribution is -0.130. The lowest BCUT2D eigenvalue weighted by Crippen LogP contribution is -2.24. The van der Waals surface area contributed by atoms with Gasteiger partial charge < -0.3 is 4.90 Å². The maximum absolute atomic E-state index is 11.6. The molecule has 3 rings (SSSR count). The molecule has 0 aliphatic carbocycles. The summed E-state index contributed by atoms with van der Waals surface area (Å²) in [6.07, 6.45) is 0. The third-order valence-corrected chi connectivity index (χ3v) is 4.92. The van der Waals surface area contributed by atoms with E-state index in [4.69, 9.17) is 5.21 Å². The van der Waals surface area contributed by atoms with Gasteiger partial charge in [-0.1, -0.05) is 30.0 Å². The third kappa shape index (κ3) is 2.39. The smallest absolute Gasteiger partial charge is 0.250 e. The maximum atomic E-state index is 11.6. The molecule has 0 radical (unpaired) electrons. The summed E-state index contributed by atoms with van der Waals surface area (Å²) in [6.45, 7) is 1.77. The molecule has 1 heterocycles. The van der Waals surface area contributed by atoms with E-state index >= 15 is 0 Å². The zero-order valence-electron chi connectivity index (χ0n) is 11.8. The van der Waals surface area contributed by atoms with Gasteiger partial charge in [0.05, 0.1) is 17.3 Å². The molecule has 0 saturated carbocycles. The minimum Gasteiger partial charge on any atom is -0.343 e. The summed E-state index contributed by atoms with van der Waals surface area (Å²) in [5.41, 5.74) is 4.83. The van der Waals surface area contributed by atoms with Crippen LogP contribution in [0.15, 0.2) is 52.3 Å². The van der Waals surface area contributed by atoms with Crippen LogP contribution in [0.1, 0.15) is 18.4 Å². The van der Waals surface area contributed by atoms with Gasteiger partial charge in [-0.2, -0.15) is 0 Å². The predicted octanol–water partition coefficient (Wildman–Crippen LogP) is 3.53. The van der Waals surface area contributed by atoms with Gasteiger partial charge in [-0.3, -0.25) is 10.0 Å². The van der Waals surface area contributed by atoms with Crippen molar-refractivity contribution in [2.45, 2.75) is 22.6 Å². The fourth-order valence-electron chi connectivity index (χ4n) is 2.47. The first-order valence-corrected chi connectivity index (χ1v) is 7.52. The second kappa shape index (κ2) is 5.42. The molecule has 0 aromatic heterocycles. The third-order valence-electron chi connectivity index (χ3n) is 3.79. The predicted molar refractivity (Wildman–Crippen MR) is 83.4 cm³/mol. The van der Waals surface area contributed by atoms with E-state index < -0.39 is 11.8 Å². The van der Waals surface area contributed by atoms with Gasteiger partial charge in [0.2, 0.25) is 0 Å². The standard InChI is InChI=1S/C16H16N2O2S/c1-10(16(19)17-20)11-7-8-15-13(9-11)18(2)12-5-3-4-6-14(12)21-15/h3-10,20H,1-2H3,(H,17,19). The Morgan fingerprint density at radius 2 is 1.90 bits per heavy atom. The highest BCUT2D eigenvalue weighted by molar-refractivity contribution is 7.99. The Morgan fingerprint density at radius 3 is 2.67 bits per heavy atom. The molecule has 108 valence electrons. The Balaban J connectivity index is 2.01. The van der Waals surface area contributed by atoms with Crippen LogP contribution in [0.3, 0.4) is 0 Å². The molecule has 1 aliphatic heterocycles. The Bertz CT molecular complexity index is 702. The van der Waals surface area contributed by atoms with E-state index in [2.05, 4.69) is 17.0 Å². The SMILES string of the molecule is CC(C(=O)NO)c1ccc2c(c1)N(C)c1ccccc1S2. The molecule has 0 bridgehead atoms. The van der Waals surface area contributed by atoms with E-state index in [-0.39, 0.29) is 0 Å². The van der Waals surface area contributed by atoms with Gasteiger partial charge in [0, 0.05) is 16.8 Å². The zero-order chi connectivity index (χ0) is 15.0. The van der Waals surface area contributed by atoms with Crippen molar-refractivity contribution in [1.82, 2.24) is 5.48 Å². The van der Waals surface area contributed by atoms with E-state index in [1.165, 1.54) is 4.90 Å². The van der Waals surface area contributed by atoms with Crippen LogP contribution >= 0.6 is 11.8 Å². The zero-order valence-corrected chi connectivity index (χ0v) is 12.6. The van der Waals surface area contributed by atoms with E-state index in [1.54, 1.807) is 24.2 Å². The fraction of sp³-hybridized carbons (Fsp3) is 0.188. The van der Waals surface area contributed by atoms with E-state index in [0.29, 0.717) is 0 Å². The number of amides is 1. The van der Waals surface area contributed by atoms with Crippen molar-refractivity contribution in [2.75, 3.05) is 11.9 Å². The second-order valence-corrected chi connectivity index (χ2v) is 6.14. The second-order valence-electron chi connectivity index (χ2n) is 5.05. The van der Waals surface area contributed by atoms with Crippen LogP contribution in [0.4, 0.5) is 11.4 Å². The van der Waals surface area contributed by atoms with E-state index in [0.717, 1.165) is 21.8 Å². The quantitative estimate of drug-likeness (QED) is 0.658. The van der Waals surface area contributed by atoms with Crippen molar-refractivity contribution in [3.8, 4) is 0 Å². The number of carbonyl (C=O) groups excluding carboxylic acids is 1. The first kappa shape index (κ1) is 14.0. The topological polar surface area (TPSA) is 52.6 Å². The first-order chi connectivity index (χ1) is 10.1. The Morgan fingerprint density at radius 1 is 1.19 bits per heavy atom. The number of hydrogen-bond donors (Lipinski definition) is 2. The molecule has 2 N–H and O–H groups in total. The van der Waals surface area contributed by atoms with Crippen LogP contribution < -0.4 is 10.4 Å². The molecule has 1 atom stereocenters. The molecule has 1 amide bonds. The number of nitrogens with zero attached hydrogens (tertiary/aromatic N) is 1. The molecule has 2 aromatic carbocycles. The number of carbonyl (C=O) groups is 1. The molecule has 0 fully saturated rings. The molecule has 21 heavy (non-hydrogen) atoms. The minimum absolute atomic E-state index is 0.393. The number of nitrogens with one attached hydrogen (secondary N) is 1.